The Balaban J connectivity index is 2.71. The zero-order chi connectivity index (χ0) is 17.6. The van der Waals surface area contributed by atoms with E-state index in [0.717, 1.165) is 5.56 Å². The maximum atomic E-state index is 13.1. The lowest BCUT2D eigenvalue weighted by Crippen LogP contribution is -2.88. The number of halogens is 1. The summed E-state index contributed by atoms with van der Waals surface area (Å²) >= 11 is 0. The summed E-state index contributed by atoms with van der Waals surface area (Å²) in [6.07, 6.45) is 0. The number of nitriles is 1. The van der Waals surface area contributed by atoms with Crippen LogP contribution in [0.2, 0.25) is 0 Å². The lowest BCUT2D eigenvalue weighted by atomic mass is 9.90. The van der Waals surface area contributed by atoms with Crippen LogP contribution < -0.4 is 10.6 Å². The molecule has 1 amide bonds. The van der Waals surface area contributed by atoms with Gasteiger partial charge < -0.3 is 10.6 Å². The molecule has 4 nitrogen and oxygen atoms in total. The molecule has 3 N–H and O–H groups in total. The molecule has 0 heterocycles. The summed E-state index contributed by atoms with van der Waals surface area (Å²) in [5.74, 6) is -0.124. The first kappa shape index (κ1) is 19.1. The van der Waals surface area contributed by atoms with Crippen LogP contribution in [-0.2, 0) is 4.79 Å². The Bertz CT molecular complexity index is 563. The summed E-state index contributed by atoms with van der Waals surface area (Å²) in [4.78, 5) is 12.2. The molecule has 0 fully saturated rings. The molecule has 1 rings (SSSR count). The topological polar surface area (TPSA) is 69.5 Å². The van der Waals surface area contributed by atoms with Crippen molar-refractivity contribution in [2.24, 2.45) is 11.8 Å². The number of hydrogen-bond acceptors (Lipinski definition) is 2. The van der Waals surface area contributed by atoms with E-state index in [1.54, 1.807) is 19.1 Å². The highest BCUT2D eigenvalue weighted by Crippen LogP contribution is 2.18. The first-order valence-corrected chi connectivity index (χ1v) is 8.00. The van der Waals surface area contributed by atoms with Gasteiger partial charge in [-0.05, 0) is 25.0 Å². The lowest BCUT2D eigenvalue weighted by molar-refractivity contribution is -0.692. The Kier molecular flexibility index (Phi) is 6.71. The first-order chi connectivity index (χ1) is 10.7. The van der Waals surface area contributed by atoms with E-state index in [2.05, 4.69) is 25.2 Å². The number of amides is 1. The Morgan fingerprint density at radius 3 is 2.30 bits per heavy atom. The van der Waals surface area contributed by atoms with E-state index in [4.69, 9.17) is 0 Å². The van der Waals surface area contributed by atoms with Gasteiger partial charge in [0.05, 0.1) is 6.07 Å². The van der Waals surface area contributed by atoms with Crippen molar-refractivity contribution in [2.45, 2.75) is 46.2 Å². The third-order valence-corrected chi connectivity index (χ3v) is 4.32. The van der Waals surface area contributed by atoms with Crippen LogP contribution >= 0.6 is 0 Å². The van der Waals surface area contributed by atoms with Gasteiger partial charge in [0.1, 0.15) is 17.4 Å². The van der Waals surface area contributed by atoms with Crippen molar-refractivity contribution in [1.29, 1.82) is 5.26 Å². The number of carbonyl (C=O) groups excluding carboxylic acids is 1. The average Bonchev–Trinajstić information content (AvgIpc) is 2.48. The molecule has 0 aliphatic heterocycles. The molecule has 0 aromatic heterocycles. The van der Waals surface area contributed by atoms with E-state index >= 15 is 0 Å². The minimum Gasteiger partial charge on any atom is -0.333 e. The molecule has 0 radical (unpaired) electrons. The second-order valence-corrected chi connectivity index (χ2v) is 6.78. The van der Waals surface area contributed by atoms with Gasteiger partial charge >= 0.3 is 0 Å². The molecule has 5 heteroatoms. The van der Waals surface area contributed by atoms with Gasteiger partial charge in [0.2, 0.25) is 0 Å². The molecule has 0 spiro atoms. The number of carbonyl (C=O) groups is 1. The molecule has 0 aliphatic rings. The summed E-state index contributed by atoms with van der Waals surface area (Å²) in [7, 11) is 0. The zero-order valence-electron chi connectivity index (χ0n) is 14.6. The van der Waals surface area contributed by atoms with Gasteiger partial charge in [-0.1, -0.05) is 39.8 Å². The van der Waals surface area contributed by atoms with Crippen molar-refractivity contribution in [1.82, 2.24) is 5.32 Å². The number of benzene rings is 1. The third kappa shape index (κ3) is 5.33. The highest BCUT2D eigenvalue weighted by Gasteiger charge is 2.31. The fourth-order valence-electron chi connectivity index (χ4n) is 2.35. The molecule has 0 bridgehead atoms. The van der Waals surface area contributed by atoms with E-state index in [1.807, 2.05) is 19.2 Å². The van der Waals surface area contributed by atoms with Crippen molar-refractivity contribution in [2.75, 3.05) is 6.54 Å². The number of rotatable bonds is 7. The van der Waals surface area contributed by atoms with Crippen molar-refractivity contribution < 1.29 is 14.5 Å². The Morgan fingerprint density at radius 2 is 1.87 bits per heavy atom. The second-order valence-electron chi connectivity index (χ2n) is 6.78. The van der Waals surface area contributed by atoms with Gasteiger partial charge in [-0.2, -0.15) is 5.26 Å². The van der Waals surface area contributed by atoms with Crippen LogP contribution in [0, 0.1) is 29.0 Å². The Labute approximate surface area is 138 Å². The number of nitrogens with zero attached hydrogens (tertiary/aromatic N) is 1. The van der Waals surface area contributed by atoms with E-state index in [1.165, 1.54) is 12.1 Å². The smallest absolute Gasteiger partial charge is 0.276 e. The molecule has 23 heavy (non-hydrogen) atoms. The van der Waals surface area contributed by atoms with Crippen LogP contribution in [0.5, 0.6) is 0 Å². The summed E-state index contributed by atoms with van der Waals surface area (Å²) < 4.78 is 13.1. The molecular formula is C18H27FN3O+. The molecule has 0 aliphatic carbocycles. The summed E-state index contributed by atoms with van der Waals surface area (Å²) in [5.41, 5.74) is 0.120. The van der Waals surface area contributed by atoms with E-state index in [-0.39, 0.29) is 30.2 Å². The van der Waals surface area contributed by atoms with Crippen LogP contribution in [0.3, 0.4) is 0 Å². The van der Waals surface area contributed by atoms with Crippen LogP contribution in [0.25, 0.3) is 0 Å². The monoisotopic (exact) mass is 320 g/mol. The largest absolute Gasteiger partial charge is 0.333 e. The number of quaternary nitrogens is 1. The minimum absolute atomic E-state index is 0.0226. The predicted molar refractivity (Wildman–Crippen MR) is 87.8 cm³/mol. The fraction of sp³-hybridized carbons (Fsp3) is 0.556. The second kappa shape index (κ2) is 8.07. The van der Waals surface area contributed by atoms with Crippen molar-refractivity contribution in [3.63, 3.8) is 0 Å². The Hall–Kier alpha value is -1.93. The minimum atomic E-state index is -0.867. The SMILES string of the molecule is CC(C)[C@@H]([NH2+]CC(=O)N[C@@](C)(C#N)C(C)C)c1ccc(F)cc1. The molecule has 1 aromatic rings. The van der Waals surface area contributed by atoms with Crippen molar-refractivity contribution in [3.05, 3.63) is 35.6 Å². The molecular weight excluding hydrogens is 293 g/mol. The van der Waals surface area contributed by atoms with Gasteiger partial charge in [-0.15, -0.1) is 0 Å². The lowest BCUT2D eigenvalue weighted by Gasteiger charge is -2.27. The first-order valence-electron chi connectivity index (χ1n) is 8.00. The molecule has 2 atom stereocenters. The highest BCUT2D eigenvalue weighted by molar-refractivity contribution is 5.78. The summed E-state index contributed by atoms with van der Waals surface area (Å²) in [6, 6.07) is 8.61. The Morgan fingerprint density at radius 1 is 1.30 bits per heavy atom. The highest BCUT2D eigenvalue weighted by atomic mass is 19.1. The van der Waals surface area contributed by atoms with Crippen LogP contribution in [0.1, 0.15) is 46.2 Å². The normalized spacial score (nSPS) is 15.1. The summed E-state index contributed by atoms with van der Waals surface area (Å²) in [6.45, 7) is 9.90. The fourth-order valence-corrected chi connectivity index (χ4v) is 2.35. The standard InChI is InChI=1S/C18H26FN3O/c1-12(2)17(14-6-8-15(19)9-7-14)21-10-16(23)22-18(5,11-20)13(3)4/h6-9,12-13,17,21H,10H2,1-5H3,(H,22,23)/p+1/t17-,18+/m1/s1. The van der Waals surface area contributed by atoms with E-state index < -0.39 is 5.54 Å². The van der Waals surface area contributed by atoms with Crippen LogP contribution in [0.4, 0.5) is 4.39 Å². The van der Waals surface area contributed by atoms with Crippen molar-refractivity contribution in [3.8, 4) is 6.07 Å². The maximum absolute atomic E-state index is 13.1. The average molecular weight is 320 g/mol. The van der Waals surface area contributed by atoms with Gasteiger partial charge in [0, 0.05) is 11.5 Å². The molecule has 1 aromatic carbocycles. The van der Waals surface area contributed by atoms with Gasteiger partial charge in [-0.3, -0.25) is 4.79 Å². The van der Waals surface area contributed by atoms with Crippen LogP contribution in [0.15, 0.2) is 24.3 Å². The maximum Gasteiger partial charge on any atom is 0.276 e. The quantitative estimate of drug-likeness (QED) is 0.808. The summed E-state index contributed by atoms with van der Waals surface area (Å²) in [5, 5.41) is 14.0. The van der Waals surface area contributed by atoms with E-state index in [9.17, 15) is 14.4 Å². The van der Waals surface area contributed by atoms with E-state index in [0.29, 0.717) is 5.92 Å². The molecule has 0 saturated heterocycles. The van der Waals surface area contributed by atoms with Gasteiger partial charge in [-0.25, -0.2) is 4.39 Å². The zero-order valence-corrected chi connectivity index (χ0v) is 14.6. The molecule has 0 saturated carbocycles. The predicted octanol–water partition coefficient (Wildman–Crippen LogP) is 2.14. The number of nitrogens with one attached hydrogen (secondary N) is 1. The van der Waals surface area contributed by atoms with Gasteiger partial charge in [0.15, 0.2) is 6.54 Å². The van der Waals surface area contributed by atoms with Crippen LogP contribution in [-0.4, -0.2) is 18.0 Å². The third-order valence-electron chi connectivity index (χ3n) is 4.32. The van der Waals surface area contributed by atoms with Crippen molar-refractivity contribution >= 4 is 5.91 Å². The molecule has 0 unspecified atom stereocenters. The number of hydrogen-bond donors (Lipinski definition) is 2. The van der Waals surface area contributed by atoms with Gasteiger partial charge in [0.25, 0.3) is 5.91 Å². The number of nitrogens with two attached hydrogens (primary N) is 1. The molecule has 126 valence electrons.